The fraction of sp³-hybridized carbons (Fsp3) is 0.667. The van der Waals surface area contributed by atoms with E-state index in [1.165, 1.54) is 25.3 Å². The number of morpholine rings is 1. The Labute approximate surface area is 172 Å². The summed E-state index contributed by atoms with van der Waals surface area (Å²) in [6, 6.07) is 7.45. The SMILES string of the molecule is CCNC(=NCC(c1cccc(F)c1)N1CCOCC1)NC1CCC(SC)C1. The van der Waals surface area contributed by atoms with E-state index in [-0.39, 0.29) is 11.9 Å². The maximum atomic E-state index is 13.8. The van der Waals surface area contributed by atoms with E-state index < -0.39 is 0 Å². The molecule has 1 saturated heterocycles. The summed E-state index contributed by atoms with van der Waals surface area (Å²) < 4.78 is 19.4. The van der Waals surface area contributed by atoms with E-state index in [4.69, 9.17) is 9.73 Å². The van der Waals surface area contributed by atoms with E-state index >= 15 is 0 Å². The van der Waals surface area contributed by atoms with Crippen molar-refractivity contribution in [2.24, 2.45) is 4.99 Å². The van der Waals surface area contributed by atoms with E-state index in [9.17, 15) is 4.39 Å². The summed E-state index contributed by atoms with van der Waals surface area (Å²) in [6.45, 7) is 6.63. The molecule has 0 radical (unpaired) electrons. The van der Waals surface area contributed by atoms with Crippen LogP contribution in [0.2, 0.25) is 0 Å². The lowest BCUT2D eigenvalue weighted by Crippen LogP contribution is -2.44. The molecule has 1 aliphatic carbocycles. The van der Waals surface area contributed by atoms with Gasteiger partial charge in [0, 0.05) is 30.9 Å². The monoisotopic (exact) mass is 408 g/mol. The summed E-state index contributed by atoms with van der Waals surface area (Å²) in [5, 5.41) is 7.73. The van der Waals surface area contributed by atoms with Crippen LogP contribution in [0.4, 0.5) is 4.39 Å². The normalized spacial score (nSPS) is 24.9. The van der Waals surface area contributed by atoms with Crippen LogP contribution in [-0.4, -0.2) is 67.8 Å². The first kappa shape index (κ1) is 21.4. The van der Waals surface area contributed by atoms with Gasteiger partial charge in [-0.3, -0.25) is 9.89 Å². The Morgan fingerprint density at radius 3 is 2.86 bits per heavy atom. The minimum Gasteiger partial charge on any atom is -0.379 e. The predicted molar refractivity (Wildman–Crippen MR) is 116 cm³/mol. The molecule has 3 atom stereocenters. The highest BCUT2D eigenvalue weighted by atomic mass is 32.2. The van der Waals surface area contributed by atoms with Gasteiger partial charge in [0.25, 0.3) is 0 Å². The second-order valence-corrected chi connectivity index (χ2v) is 8.59. The van der Waals surface area contributed by atoms with Gasteiger partial charge < -0.3 is 15.4 Å². The number of nitrogens with one attached hydrogen (secondary N) is 2. The lowest BCUT2D eigenvalue weighted by atomic mass is 10.0. The number of rotatable bonds is 7. The number of hydrogen-bond donors (Lipinski definition) is 2. The largest absolute Gasteiger partial charge is 0.379 e. The zero-order chi connectivity index (χ0) is 19.8. The molecule has 3 unspecified atom stereocenters. The lowest BCUT2D eigenvalue weighted by Gasteiger charge is -2.34. The zero-order valence-corrected chi connectivity index (χ0v) is 17.8. The first-order valence-corrected chi connectivity index (χ1v) is 11.6. The third kappa shape index (κ3) is 6.09. The fourth-order valence-corrected chi connectivity index (χ4v) is 4.81. The number of guanidine groups is 1. The van der Waals surface area contributed by atoms with E-state index in [0.717, 1.165) is 36.4 Å². The van der Waals surface area contributed by atoms with Gasteiger partial charge in [-0.25, -0.2) is 4.39 Å². The quantitative estimate of drug-likeness (QED) is 0.536. The Morgan fingerprint density at radius 1 is 1.36 bits per heavy atom. The van der Waals surface area contributed by atoms with Crippen molar-refractivity contribution < 1.29 is 9.13 Å². The zero-order valence-electron chi connectivity index (χ0n) is 17.0. The van der Waals surface area contributed by atoms with Crippen LogP contribution in [0.15, 0.2) is 29.3 Å². The van der Waals surface area contributed by atoms with E-state index in [1.54, 1.807) is 12.1 Å². The van der Waals surface area contributed by atoms with Crippen LogP contribution >= 0.6 is 11.8 Å². The Hall–Kier alpha value is -1.31. The van der Waals surface area contributed by atoms with Crippen molar-refractivity contribution in [2.75, 3.05) is 45.6 Å². The standard InChI is InChI=1S/C21H33FN4OS/c1-3-23-21(25-18-7-8-19(14-18)28-2)24-15-20(26-9-11-27-12-10-26)16-5-4-6-17(22)13-16/h4-6,13,18-20H,3,7-12,14-15H2,1-2H3,(H2,23,24,25). The minimum atomic E-state index is -0.196. The number of hydrogen-bond acceptors (Lipinski definition) is 4. The molecule has 1 aliphatic heterocycles. The van der Waals surface area contributed by atoms with Crippen molar-refractivity contribution in [3.05, 3.63) is 35.6 Å². The molecule has 28 heavy (non-hydrogen) atoms. The van der Waals surface area contributed by atoms with Crippen molar-refractivity contribution in [2.45, 2.75) is 43.5 Å². The highest BCUT2D eigenvalue weighted by Gasteiger charge is 2.26. The Bertz CT molecular complexity index is 639. The van der Waals surface area contributed by atoms with Crippen LogP contribution in [-0.2, 0) is 4.74 Å². The average molecular weight is 409 g/mol. The maximum Gasteiger partial charge on any atom is 0.191 e. The summed E-state index contributed by atoms with van der Waals surface area (Å²) in [6.07, 6.45) is 5.82. The van der Waals surface area contributed by atoms with Gasteiger partial charge in [0.05, 0.1) is 25.8 Å². The minimum absolute atomic E-state index is 0.0533. The van der Waals surface area contributed by atoms with Crippen LogP contribution in [0.1, 0.15) is 37.8 Å². The Morgan fingerprint density at radius 2 is 2.18 bits per heavy atom. The van der Waals surface area contributed by atoms with Crippen molar-refractivity contribution >= 4 is 17.7 Å². The summed E-state index contributed by atoms with van der Waals surface area (Å²) >= 11 is 1.96. The summed E-state index contributed by atoms with van der Waals surface area (Å²) in [7, 11) is 0. The van der Waals surface area contributed by atoms with E-state index in [0.29, 0.717) is 25.8 Å². The molecular weight excluding hydrogens is 375 g/mol. The second-order valence-electron chi connectivity index (χ2n) is 7.45. The molecule has 2 fully saturated rings. The van der Waals surface area contributed by atoms with Crippen molar-refractivity contribution in [3.8, 4) is 0 Å². The van der Waals surface area contributed by atoms with Crippen LogP contribution < -0.4 is 10.6 Å². The number of thioether (sulfide) groups is 1. The predicted octanol–water partition coefficient (Wildman–Crippen LogP) is 3.04. The molecule has 156 valence electrons. The Kier molecular flexibility index (Phi) is 8.43. The molecule has 0 amide bonds. The third-order valence-electron chi connectivity index (χ3n) is 5.55. The molecule has 0 spiro atoms. The molecule has 7 heteroatoms. The first-order chi connectivity index (χ1) is 13.7. The van der Waals surface area contributed by atoms with Crippen LogP contribution in [0.5, 0.6) is 0 Å². The highest BCUT2D eigenvalue weighted by molar-refractivity contribution is 7.99. The summed E-state index contributed by atoms with van der Waals surface area (Å²) in [4.78, 5) is 7.24. The third-order valence-corrected chi connectivity index (χ3v) is 6.64. The van der Waals surface area contributed by atoms with Gasteiger partial charge in [-0.2, -0.15) is 11.8 Å². The van der Waals surface area contributed by atoms with Gasteiger partial charge in [0.15, 0.2) is 5.96 Å². The van der Waals surface area contributed by atoms with Crippen LogP contribution in [0, 0.1) is 5.82 Å². The van der Waals surface area contributed by atoms with Crippen molar-refractivity contribution in [3.63, 3.8) is 0 Å². The number of nitrogens with zero attached hydrogens (tertiary/aromatic N) is 2. The molecule has 0 bridgehead atoms. The topological polar surface area (TPSA) is 48.9 Å². The molecule has 1 aromatic carbocycles. The number of benzene rings is 1. The summed E-state index contributed by atoms with van der Waals surface area (Å²) in [5.41, 5.74) is 0.977. The van der Waals surface area contributed by atoms with Gasteiger partial charge in [0.1, 0.15) is 5.82 Å². The van der Waals surface area contributed by atoms with E-state index in [1.807, 2.05) is 17.8 Å². The van der Waals surface area contributed by atoms with Crippen molar-refractivity contribution in [1.29, 1.82) is 0 Å². The van der Waals surface area contributed by atoms with Gasteiger partial charge >= 0.3 is 0 Å². The molecule has 1 aromatic rings. The average Bonchev–Trinajstić information content (AvgIpc) is 3.17. The van der Waals surface area contributed by atoms with E-state index in [2.05, 4.69) is 28.7 Å². The molecule has 5 nitrogen and oxygen atoms in total. The summed E-state index contributed by atoms with van der Waals surface area (Å²) in [5.74, 6) is 0.669. The van der Waals surface area contributed by atoms with Gasteiger partial charge in [-0.1, -0.05) is 12.1 Å². The van der Waals surface area contributed by atoms with Gasteiger partial charge in [-0.15, -0.1) is 0 Å². The van der Waals surface area contributed by atoms with Crippen molar-refractivity contribution in [1.82, 2.24) is 15.5 Å². The molecule has 3 rings (SSSR count). The number of halogens is 1. The molecule has 2 N–H and O–H groups in total. The second kappa shape index (κ2) is 11.0. The lowest BCUT2D eigenvalue weighted by molar-refractivity contribution is 0.0179. The maximum absolute atomic E-state index is 13.8. The molecule has 2 aliphatic rings. The van der Waals surface area contributed by atoms with Crippen LogP contribution in [0.25, 0.3) is 0 Å². The van der Waals surface area contributed by atoms with Gasteiger partial charge in [-0.05, 0) is 50.1 Å². The molecular formula is C21H33FN4OS. The first-order valence-electron chi connectivity index (χ1n) is 10.3. The molecule has 0 aromatic heterocycles. The number of ether oxygens (including phenoxy) is 1. The highest BCUT2D eigenvalue weighted by Crippen LogP contribution is 2.28. The smallest absolute Gasteiger partial charge is 0.191 e. The number of aliphatic imine (C=N–C) groups is 1. The molecule has 1 heterocycles. The fourth-order valence-electron chi connectivity index (χ4n) is 4.01. The Balaban J connectivity index is 1.71. The molecule has 1 saturated carbocycles. The van der Waals surface area contributed by atoms with Crippen LogP contribution in [0.3, 0.4) is 0 Å². The van der Waals surface area contributed by atoms with Gasteiger partial charge in [0.2, 0.25) is 0 Å².